The van der Waals surface area contributed by atoms with Crippen LogP contribution in [0.2, 0.25) is 30.1 Å². The molecule has 0 atom stereocenters. The Balaban J connectivity index is 2.14. The number of rotatable bonds is 3. The molecule has 0 radical (unpaired) electrons. The summed E-state index contributed by atoms with van der Waals surface area (Å²) >= 11 is 36.2. The predicted molar refractivity (Wildman–Crippen MR) is 111 cm³/mol. The minimum absolute atomic E-state index is 0.242. The van der Waals surface area contributed by atoms with Gasteiger partial charge >= 0.3 is 0 Å². The highest BCUT2D eigenvalue weighted by atomic mass is 35.5. The maximum atomic E-state index is 11.6. The van der Waals surface area contributed by atoms with Crippen LogP contribution in [-0.4, -0.2) is 11.3 Å². The summed E-state index contributed by atoms with van der Waals surface area (Å²) < 4.78 is 0. The van der Waals surface area contributed by atoms with Crippen molar-refractivity contribution in [2.45, 2.75) is 0 Å². The molecule has 0 aliphatic heterocycles. The summed E-state index contributed by atoms with van der Waals surface area (Å²) in [6.45, 7) is 0. The highest BCUT2D eigenvalue weighted by Crippen LogP contribution is 2.38. The number of benzene rings is 2. The Morgan fingerprint density at radius 3 is 1.58 bits per heavy atom. The van der Waals surface area contributed by atoms with Crippen molar-refractivity contribution in [1.82, 2.24) is 4.98 Å². The smallest absolute Gasteiger partial charge is 0.152 e. The highest BCUT2D eigenvalue weighted by Gasteiger charge is 2.14. The zero-order valence-corrected chi connectivity index (χ0v) is 17.2. The van der Waals surface area contributed by atoms with Gasteiger partial charge in [-0.3, -0.25) is 9.78 Å². The first-order valence-corrected chi connectivity index (χ1v) is 9.33. The van der Waals surface area contributed by atoms with Gasteiger partial charge in [0.2, 0.25) is 0 Å². The van der Waals surface area contributed by atoms with Gasteiger partial charge in [-0.1, -0.05) is 69.6 Å². The number of hydrogen-bond donors (Lipinski definition) is 0. The fraction of sp³-hybridized carbons (Fsp3) is 0. The molecule has 8 heteroatoms. The third-order valence-corrected chi connectivity index (χ3v) is 6.01. The Labute approximate surface area is 179 Å². The van der Waals surface area contributed by atoms with Crippen LogP contribution < -0.4 is 0 Å². The summed E-state index contributed by atoms with van der Waals surface area (Å²) in [5, 5.41) is 1.67. The Morgan fingerprint density at radius 2 is 1.12 bits per heavy atom. The SMILES string of the molecule is O=Cc1cc(-c2cc(Cl)c(Cl)c(Cl)c2)cnc1-c1cc(Cl)c(Cl)c(Cl)c1. The number of carbonyl (C=O) groups is 1. The van der Waals surface area contributed by atoms with E-state index in [1.54, 1.807) is 36.5 Å². The van der Waals surface area contributed by atoms with E-state index in [1.807, 2.05) is 0 Å². The number of hydrogen-bond acceptors (Lipinski definition) is 2. The van der Waals surface area contributed by atoms with Crippen LogP contribution in [0.3, 0.4) is 0 Å². The molecule has 1 aromatic heterocycles. The monoisotopic (exact) mass is 463 g/mol. The van der Waals surface area contributed by atoms with E-state index >= 15 is 0 Å². The molecular weight excluding hydrogens is 459 g/mol. The fourth-order valence-electron chi connectivity index (χ4n) is 2.39. The molecule has 0 aliphatic rings. The molecule has 3 aromatic rings. The Bertz CT molecular complexity index is 988. The van der Waals surface area contributed by atoms with Crippen molar-refractivity contribution in [3.8, 4) is 22.4 Å². The van der Waals surface area contributed by atoms with E-state index in [4.69, 9.17) is 69.6 Å². The minimum Gasteiger partial charge on any atom is -0.298 e. The molecule has 132 valence electrons. The lowest BCUT2D eigenvalue weighted by molar-refractivity contribution is 0.112. The summed E-state index contributed by atoms with van der Waals surface area (Å²) in [6, 6.07) is 8.16. The van der Waals surface area contributed by atoms with Crippen molar-refractivity contribution in [1.29, 1.82) is 0 Å². The molecule has 2 nitrogen and oxygen atoms in total. The van der Waals surface area contributed by atoms with E-state index < -0.39 is 0 Å². The zero-order chi connectivity index (χ0) is 19.0. The molecule has 0 unspecified atom stereocenters. The van der Waals surface area contributed by atoms with Crippen molar-refractivity contribution in [2.24, 2.45) is 0 Å². The summed E-state index contributed by atoms with van der Waals surface area (Å²) in [4.78, 5) is 16.0. The van der Waals surface area contributed by atoms with Crippen LogP contribution in [0.4, 0.5) is 0 Å². The van der Waals surface area contributed by atoms with Gasteiger partial charge in [0.1, 0.15) is 0 Å². The molecule has 0 bridgehead atoms. The highest BCUT2D eigenvalue weighted by molar-refractivity contribution is 6.49. The lowest BCUT2D eigenvalue weighted by Crippen LogP contribution is -1.94. The minimum atomic E-state index is 0.242. The number of aldehydes is 1. The van der Waals surface area contributed by atoms with Crippen LogP contribution in [0.5, 0.6) is 0 Å². The first-order valence-electron chi connectivity index (χ1n) is 7.07. The van der Waals surface area contributed by atoms with Crippen molar-refractivity contribution >= 4 is 75.9 Å². The third kappa shape index (κ3) is 3.82. The standard InChI is InChI=1S/C18H7Cl6NO/c19-12-2-8(3-13(20)16(12)23)10-1-11(7-26)18(25-6-10)9-4-14(21)17(24)15(22)5-9/h1-7H. The quantitative estimate of drug-likeness (QED) is 0.288. The average molecular weight is 466 g/mol. The molecule has 0 aliphatic carbocycles. The summed E-state index contributed by atoms with van der Waals surface area (Å²) in [7, 11) is 0. The molecular formula is C18H7Cl6NO. The van der Waals surface area contributed by atoms with Gasteiger partial charge in [0.25, 0.3) is 0 Å². The Kier molecular flexibility index (Phi) is 6.03. The van der Waals surface area contributed by atoms with Crippen LogP contribution in [0, 0.1) is 0 Å². The topological polar surface area (TPSA) is 30.0 Å². The Morgan fingerprint density at radius 1 is 0.654 bits per heavy atom. The zero-order valence-electron chi connectivity index (χ0n) is 12.7. The molecule has 2 aromatic carbocycles. The van der Waals surface area contributed by atoms with Gasteiger partial charge in [0, 0.05) is 22.9 Å². The number of nitrogens with zero attached hydrogens (tertiary/aromatic N) is 1. The van der Waals surface area contributed by atoms with Gasteiger partial charge in [-0.15, -0.1) is 0 Å². The van der Waals surface area contributed by atoms with Crippen LogP contribution in [0.15, 0.2) is 36.5 Å². The molecule has 0 saturated carbocycles. The number of carbonyl (C=O) groups excluding carboxylic acids is 1. The molecule has 0 N–H and O–H groups in total. The summed E-state index contributed by atoms with van der Waals surface area (Å²) in [6.07, 6.45) is 2.29. The number of aromatic nitrogens is 1. The van der Waals surface area contributed by atoms with Gasteiger partial charge in [-0.05, 0) is 35.9 Å². The molecule has 0 spiro atoms. The molecule has 0 saturated heterocycles. The van der Waals surface area contributed by atoms with E-state index in [9.17, 15) is 4.79 Å². The van der Waals surface area contributed by atoms with Gasteiger partial charge < -0.3 is 0 Å². The predicted octanol–water partition coefficient (Wildman–Crippen LogP) is 8.15. The lowest BCUT2D eigenvalue weighted by atomic mass is 10.0. The second-order valence-electron chi connectivity index (χ2n) is 5.29. The van der Waals surface area contributed by atoms with E-state index in [1.165, 1.54) is 0 Å². The van der Waals surface area contributed by atoms with Gasteiger partial charge in [-0.25, -0.2) is 0 Å². The second-order valence-corrected chi connectivity index (χ2v) is 7.67. The number of halogens is 6. The maximum absolute atomic E-state index is 11.6. The first kappa shape index (κ1) is 19.8. The molecule has 0 amide bonds. The fourth-order valence-corrected chi connectivity index (χ4v) is 3.58. The molecule has 1 heterocycles. The summed E-state index contributed by atoms with van der Waals surface area (Å²) in [5.41, 5.74) is 2.68. The molecule has 26 heavy (non-hydrogen) atoms. The van der Waals surface area contributed by atoms with Gasteiger partial charge in [0.05, 0.1) is 35.8 Å². The first-order chi connectivity index (χ1) is 12.3. The lowest BCUT2D eigenvalue weighted by Gasteiger charge is -2.10. The summed E-state index contributed by atoms with van der Waals surface area (Å²) in [5.74, 6) is 0. The molecule has 3 rings (SSSR count). The largest absolute Gasteiger partial charge is 0.298 e. The third-order valence-electron chi connectivity index (χ3n) is 3.62. The van der Waals surface area contributed by atoms with Gasteiger partial charge in [-0.2, -0.15) is 0 Å². The number of pyridine rings is 1. The van der Waals surface area contributed by atoms with Crippen LogP contribution in [0.1, 0.15) is 10.4 Å². The van der Waals surface area contributed by atoms with Gasteiger partial charge in [0.15, 0.2) is 6.29 Å². The van der Waals surface area contributed by atoms with Crippen LogP contribution >= 0.6 is 69.6 Å². The van der Waals surface area contributed by atoms with Crippen molar-refractivity contribution < 1.29 is 4.79 Å². The second kappa shape index (κ2) is 7.93. The Hall–Kier alpha value is -1.000. The van der Waals surface area contributed by atoms with Crippen LogP contribution in [0.25, 0.3) is 22.4 Å². The van der Waals surface area contributed by atoms with E-state index in [2.05, 4.69) is 4.98 Å². The van der Waals surface area contributed by atoms with Crippen molar-refractivity contribution in [3.63, 3.8) is 0 Å². The van der Waals surface area contributed by atoms with Crippen LogP contribution in [-0.2, 0) is 0 Å². The normalized spacial score (nSPS) is 10.8. The molecule has 0 fully saturated rings. The van der Waals surface area contributed by atoms with E-state index in [0.717, 1.165) is 0 Å². The van der Waals surface area contributed by atoms with Crippen molar-refractivity contribution in [3.05, 3.63) is 72.2 Å². The average Bonchev–Trinajstić information content (AvgIpc) is 2.62. The van der Waals surface area contributed by atoms with E-state index in [-0.39, 0.29) is 20.1 Å². The van der Waals surface area contributed by atoms with E-state index in [0.29, 0.717) is 44.3 Å². The maximum Gasteiger partial charge on any atom is 0.152 e. The van der Waals surface area contributed by atoms with Crippen molar-refractivity contribution in [2.75, 3.05) is 0 Å².